The molecule has 2 aromatic heterocycles. The van der Waals surface area contributed by atoms with Gasteiger partial charge in [0.25, 0.3) is 0 Å². The molecule has 0 amide bonds. The van der Waals surface area contributed by atoms with Gasteiger partial charge in [0.05, 0.1) is 24.0 Å². The zero-order chi connectivity index (χ0) is 27.0. The Hall–Kier alpha value is -4.63. The standard InChI is InChI=1S/2C13H9O.C12H10.Ti/c2*1-2-5-11-9-12(8-10(11)4-1)13-6-3-7-14-13;1-3-7-11(8-4-1)12-9-5-2-6-10-12;/h2*1-9H;1-10H;/q2*-1;;+2. The Kier molecular flexibility index (Phi) is 9.28. The van der Waals surface area contributed by atoms with E-state index in [4.69, 9.17) is 8.83 Å². The molecule has 41 heavy (non-hydrogen) atoms. The first-order valence-corrected chi connectivity index (χ1v) is 13.3. The molecule has 196 valence electrons. The summed E-state index contributed by atoms with van der Waals surface area (Å²) in [4.78, 5) is 0. The molecule has 0 unspecified atom stereocenters. The molecule has 0 aliphatic heterocycles. The van der Waals surface area contributed by atoms with Gasteiger partial charge in [-0.3, -0.25) is 0 Å². The van der Waals surface area contributed by atoms with E-state index in [9.17, 15) is 0 Å². The first-order valence-electron chi connectivity index (χ1n) is 13.3. The summed E-state index contributed by atoms with van der Waals surface area (Å²) in [5.74, 6) is 1.86. The molecule has 2 nitrogen and oxygen atoms in total. The van der Waals surface area contributed by atoms with Crippen LogP contribution in [-0.2, 0) is 21.7 Å². The van der Waals surface area contributed by atoms with E-state index in [2.05, 4.69) is 97.1 Å². The van der Waals surface area contributed by atoms with E-state index < -0.39 is 0 Å². The second kappa shape index (κ2) is 13.6. The van der Waals surface area contributed by atoms with Crippen LogP contribution in [0.25, 0.3) is 55.3 Å². The minimum absolute atomic E-state index is 0. The van der Waals surface area contributed by atoms with Crippen molar-refractivity contribution in [3.05, 3.63) is 170 Å². The summed E-state index contributed by atoms with van der Waals surface area (Å²) in [6.07, 6.45) is 3.40. The molecule has 3 heteroatoms. The summed E-state index contributed by atoms with van der Waals surface area (Å²) >= 11 is 0. The molecule has 0 saturated carbocycles. The molecule has 0 N–H and O–H groups in total. The van der Waals surface area contributed by atoms with Crippen molar-refractivity contribution >= 4 is 21.5 Å². The first kappa shape index (κ1) is 27.9. The van der Waals surface area contributed by atoms with E-state index >= 15 is 0 Å². The van der Waals surface area contributed by atoms with Crippen LogP contribution in [0.5, 0.6) is 0 Å². The number of hydrogen-bond donors (Lipinski definition) is 0. The summed E-state index contributed by atoms with van der Waals surface area (Å²) in [6.45, 7) is 0. The average Bonchev–Trinajstić information content (AvgIpc) is 3.84. The van der Waals surface area contributed by atoms with E-state index in [1.165, 1.54) is 32.7 Å². The van der Waals surface area contributed by atoms with Gasteiger partial charge in [-0.15, -0.1) is 57.9 Å². The van der Waals surface area contributed by atoms with Crippen molar-refractivity contribution in [3.63, 3.8) is 0 Å². The van der Waals surface area contributed by atoms with Gasteiger partial charge in [0, 0.05) is 0 Å². The Balaban J connectivity index is 0.000000123. The van der Waals surface area contributed by atoms with E-state index in [1.807, 2.05) is 60.7 Å². The third kappa shape index (κ3) is 6.94. The maximum absolute atomic E-state index is 5.35. The molecule has 0 radical (unpaired) electrons. The van der Waals surface area contributed by atoms with E-state index in [0.717, 1.165) is 22.6 Å². The van der Waals surface area contributed by atoms with E-state index in [0.29, 0.717) is 0 Å². The van der Waals surface area contributed by atoms with Gasteiger partial charge in [0.1, 0.15) is 0 Å². The van der Waals surface area contributed by atoms with Crippen molar-refractivity contribution in [2.45, 2.75) is 0 Å². The zero-order valence-electron chi connectivity index (χ0n) is 22.5. The van der Waals surface area contributed by atoms with Gasteiger partial charge in [-0.25, -0.2) is 0 Å². The number of hydrogen-bond acceptors (Lipinski definition) is 2. The van der Waals surface area contributed by atoms with Crippen LogP contribution in [0.4, 0.5) is 0 Å². The smallest absolute Gasteiger partial charge is 0.499 e. The Labute approximate surface area is 255 Å². The molecule has 8 aromatic rings. The Morgan fingerprint density at radius 2 is 0.780 bits per heavy atom. The van der Waals surface area contributed by atoms with Crippen molar-refractivity contribution in [1.29, 1.82) is 0 Å². The molecule has 8 rings (SSSR count). The normalized spacial score (nSPS) is 10.2. The molecule has 6 aromatic carbocycles. The van der Waals surface area contributed by atoms with Gasteiger partial charge >= 0.3 is 21.7 Å². The summed E-state index contributed by atoms with van der Waals surface area (Å²) in [5.41, 5.74) is 4.85. The van der Waals surface area contributed by atoms with E-state index in [-0.39, 0.29) is 21.7 Å². The maximum atomic E-state index is 5.35. The van der Waals surface area contributed by atoms with Crippen molar-refractivity contribution in [1.82, 2.24) is 0 Å². The molecule has 0 saturated heterocycles. The first-order chi connectivity index (χ1) is 19.8. The van der Waals surface area contributed by atoms with Crippen LogP contribution in [0.1, 0.15) is 0 Å². The molecule has 0 aliphatic rings. The van der Waals surface area contributed by atoms with Crippen molar-refractivity contribution in [3.8, 4) is 33.8 Å². The molecule has 0 aliphatic carbocycles. The predicted octanol–water partition coefficient (Wildman–Crippen LogP) is 11.0. The molecule has 0 bridgehead atoms. The molecule has 2 heterocycles. The van der Waals surface area contributed by atoms with Gasteiger partial charge in [-0.2, -0.15) is 0 Å². The van der Waals surface area contributed by atoms with Crippen LogP contribution < -0.4 is 0 Å². The number of fused-ring (bicyclic) bond motifs is 2. The SMILES string of the molecule is [Ti+2].c1ccc(-c2ccccc2)cc1.c1coc(-c2cc3ccccc3[cH-]2)c1.c1coc(-c2cc3ccccc3[cH-]2)c1. The largest absolute Gasteiger partial charge is 2.00 e. The zero-order valence-corrected chi connectivity index (χ0v) is 24.0. The van der Waals surface area contributed by atoms with Crippen LogP contribution in [0.15, 0.2) is 179 Å². The van der Waals surface area contributed by atoms with Crippen LogP contribution in [-0.4, -0.2) is 0 Å². The van der Waals surface area contributed by atoms with Gasteiger partial charge in [-0.05, 0) is 23.3 Å². The fourth-order valence-electron chi connectivity index (χ4n) is 4.73. The molecule has 0 spiro atoms. The molecule has 0 atom stereocenters. The van der Waals surface area contributed by atoms with Crippen LogP contribution in [0.3, 0.4) is 0 Å². The number of benzene rings is 4. The summed E-state index contributed by atoms with van der Waals surface area (Å²) < 4.78 is 10.7. The maximum Gasteiger partial charge on any atom is 2.00 e. The van der Waals surface area contributed by atoms with Crippen LogP contribution in [0.2, 0.25) is 0 Å². The van der Waals surface area contributed by atoms with Crippen molar-refractivity contribution in [2.24, 2.45) is 0 Å². The van der Waals surface area contributed by atoms with E-state index in [1.54, 1.807) is 12.5 Å². The van der Waals surface area contributed by atoms with Crippen LogP contribution in [0, 0.1) is 0 Å². The van der Waals surface area contributed by atoms with Crippen molar-refractivity contribution in [2.75, 3.05) is 0 Å². The Morgan fingerprint density at radius 1 is 0.390 bits per heavy atom. The van der Waals surface area contributed by atoms with Gasteiger partial charge in [-0.1, -0.05) is 120 Å². The third-order valence-corrected chi connectivity index (χ3v) is 6.73. The second-order valence-electron chi connectivity index (χ2n) is 9.43. The molecule has 0 fully saturated rings. The van der Waals surface area contributed by atoms with Gasteiger partial charge in [0.2, 0.25) is 0 Å². The Bertz CT molecular complexity index is 1670. The van der Waals surface area contributed by atoms with Gasteiger partial charge < -0.3 is 8.83 Å². The Morgan fingerprint density at radius 3 is 1.15 bits per heavy atom. The summed E-state index contributed by atoms with van der Waals surface area (Å²) in [5, 5.41) is 5.05. The molecular formula is C38H28O2Ti. The predicted molar refractivity (Wildman–Crippen MR) is 166 cm³/mol. The number of rotatable bonds is 3. The van der Waals surface area contributed by atoms with Gasteiger partial charge in [0.15, 0.2) is 0 Å². The quantitative estimate of drug-likeness (QED) is 0.158. The third-order valence-electron chi connectivity index (χ3n) is 6.73. The topological polar surface area (TPSA) is 26.3 Å². The summed E-state index contributed by atoms with van der Waals surface area (Å²) in [6, 6.07) is 53.8. The average molecular weight is 565 g/mol. The molecular weight excluding hydrogens is 536 g/mol. The fraction of sp³-hybridized carbons (Fsp3) is 0. The monoisotopic (exact) mass is 564 g/mol. The minimum Gasteiger partial charge on any atom is -0.499 e. The number of furan rings is 2. The van der Waals surface area contributed by atoms with Crippen LogP contribution >= 0.6 is 0 Å². The second-order valence-corrected chi connectivity index (χ2v) is 9.43. The fourth-order valence-corrected chi connectivity index (χ4v) is 4.73. The van der Waals surface area contributed by atoms with Crippen molar-refractivity contribution < 1.29 is 30.6 Å². The summed E-state index contributed by atoms with van der Waals surface area (Å²) in [7, 11) is 0. The minimum atomic E-state index is 0.